The lowest BCUT2D eigenvalue weighted by atomic mass is 10.1. The number of aliphatic carboxylic acids is 1. The van der Waals surface area contributed by atoms with Crippen molar-refractivity contribution in [3.8, 4) is 0 Å². The van der Waals surface area contributed by atoms with Crippen LogP contribution in [0.2, 0.25) is 0 Å². The van der Waals surface area contributed by atoms with Crippen molar-refractivity contribution < 1.29 is 24.3 Å². The molecule has 0 spiro atoms. The second-order valence-corrected chi connectivity index (χ2v) is 3.68. The van der Waals surface area contributed by atoms with Gasteiger partial charge in [-0.05, 0) is 13.3 Å². The molecule has 19 heavy (non-hydrogen) atoms. The fourth-order valence-corrected chi connectivity index (χ4v) is 1.17. The zero-order valence-electron chi connectivity index (χ0n) is 10.6. The van der Waals surface area contributed by atoms with E-state index in [4.69, 9.17) is 10.8 Å². The number of primary amides is 1. The highest BCUT2D eigenvalue weighted by Crippen LogP contribution is 1.97. The van der Waals surface area contributed by atoms with Gasteiger partial charge in [0.05, 0.1) is 6.54 Å². The van der Waals surface area contributed by atoms with Crippen molar-refractivity contribution in [3.05, 3.63) is 0 Å². The molecule has 0 aromatic heterocycles. The lowest BCUT2D eigenvalue weighted by Gasteiger charge is -2.14. The van der Waals surface area contributed by atoms with E-state index in [0.29, 0.717) is 6.54 Å². The molecule has 0 aliphatic heterocycles. The minimum atomic E-state index is -1.28. The Morgan fingerprint density at radius 1 is 1.21 bits per heavy atom. The van der Waals surface area contributed by atoms with Gasteiger partial charge in [0.2, 0.25) is 11.8 Å². The Morgan fingerprint density at radius 3 is 2.32 bits per heavy atom. The van der Waals surface area contributed by atoms with Gasteiger partial charge >= 0.3 is 12.0 Å². The average Bonchev–Trinajstić information content (AvgIpc) is 2.31. The van der Waals surface area contributed by atoms with Crippen molar-refractivity contribution in [1.82, 2.24) is 16.0 Å². The van der Waals surface area contributed by atoms with E-state index in [9.17, 15) is 19.2 Å². The van der Waals surface area contributed by atoms with E-state index in [-0.39, 0.29) is 25.3 Å². The van der Waals surface area contributed by atoms with Crippen LogP contribution in [0.15, 0.2) is 0 Å². The van der Waals surface area contributed by atoms with E-state index in [0.717, 1.165) is 0 Å². The normalized spacial score (nSPS) is 11.2. The zero-order chi connectivity index (χ0) is 14.8. The minimum absolute atomic E-state index is 0.112. The highest BCUT2D eigenvalue weighted by atomic mass is 16.4. The number of hydrogen-bond acceptors (Lipinski definition) is 4. The van der Waals surface area contributed by atoms with Crippen molar-refractivity contribution in [2.24, 2.45) is 5.73 Å². The third-order valence-corrected chi connectivity index (χ3v) is 2.07. The summed E-state index contributed by atoms with van der Waals surface area (Å²) >= 11 is 0. The van der Waals surface area contributed by atoms with Crippen LogP contribution in [0.1, 0.15) is 19.8 Å². The first-order valence-corrected chi connectivity index (χ1v) is 5.69. The molecule has 0 aromatic rings. The highest BCUT2D eigenvalue weighted by Gasteiger charge is 2.20. The Balaban J connectivity index is 4.13. The number of urea groups is 1. The summed E-state index contributed by atoms with van der Waals surface area (Å²) < 4.78 is 0. The van der Waals surface area contributed by atoms with E-state index >= 15 is 0 Å². The molecule has 0 saturated carbocycles. The maximum absolute atomic E-state index is 11.3. The molecule has 0 fully saturated rings. The summed E-state index contributed by atoms with van der Waals surface area (Å²) in [6.07, 6.45) is -0.271. The van der Waals surface area contributed by atoms with Crippen LogP contribution in [0.4, 0.5) is 4.79 Å². The predicted octanol–water partition coefficient (Wildman–Crippen LogP) is -1.86. The average molecular weight is 274 g/mol. The zero-order valence-corrected chi connectivity index (χ0v) is 10.6. The molecule has 108 valence electrons. The van der Waals surface area contributed by atoms with Crippen LogP contribution in [0, 0.1) is 0 Å². The number of carboxylic acids is 1. The maximum Gasteiger partial charge on any atom is 0.326 e. The molecule has 9 heteroatoms. The smallest absolute Gasteiger partial charge is 0.326 e. The lowest BCUT2D eigenvalue weighted by molar-refractivity contribution is -0.139. The molecule has 6 N–H and O–H groups in total. The van der Waals surface area contributed by atoms with Gasteiger partial charge in [-0.1, -0.05) is 0 Å². The predicted molar refractivity (Wildman–Crippen MR) is 65.1 cm³/mol. The van der Waals surface area contributed by atoms with Crippen molar-refractivity contribution >= 4 is 23.8 Å². The third-order valence-electron chi connectivity index (χ3n) is 2.07. The van der Waals surface area contributed by atoms with E-state index < -0.39 is 23.9 Å². The monoisotopic (exact) mass is 274 g/mol. The highest BCUT2D eigenvalue weighted by molar-refractivity contribution is 5.86. The molecular weight excluding hydrogens is 256 g/mol. The molecule has 0 aliphatic carbocycles. The molecule has 0 bridgehead atoms. The maximum atomic E-state index is 11.3. The Labute approximate surface area is 109 Å². The second kappa shape index (κ2) is 8.72. The largest absolute Gasteiger partial charge is 0.480 e. The van der Waals surface area contributed by atoms with Crippen molar-refractivity contribution in [2.45, 2.75) is 25.8 Å². The van der Waals surface area contributed by atoms with Gasteiger partial charge in [-0.2, -0.15) is 0 Å². The Kier molecular flexibility index (Phi) is 7.66. The van der Waals surface area contributed by atoms with Crippen LogP contribution in [0.3, 0.4) is 0 Å². The molecule has 4 amide bonds. The van der Waals surface area contributed by atoms with Gasteiger partial charge < -0.3 is 26.8 Å². The summed E-state index contributed by atoms with van der Waals surface area (Å²) in [6.45, 7) is 1.89. The van der Waals surface area contributed by atoms with Crippen LogP contribution < -0.4 is 21.7 Å². The standard InChI is InChI=1S/C10H18N4O5/c1-2-12-8(16)5-13-10(19)14-6(9(17)18)3-4-7(11)15/h6H,2-5H2,1H3,(H2,11,15)(H,12,16)(H,17,18)(H2,13,14,19)/t6-/m0/s1. The van der Waals surface area contributed by atoms with Gasteiger partial charge in [-0.25, -0.2) is 9.59 Å². The first-order chi connectivity index (χ1) is 8.86. The summed E-state index contributed by atoms with van der Waals surface area (Å²) in [4.78, 5) is 43.7. The van der Waals surface area contributed by atoms with Gasteiger partial charge in [0.1, 0.15) is 6.04 Å². The molecule has 0 unspecified atom stereocenters. The Hall–Kier alpha value is -2.32. The fraction of sp³-hybridized carbons (Fsp3) is 0.600. The number of nitrogens with two attached hydrogens (primary N) is 1. The van der Waals surface area contributed by atoms with Gasteiger partial charge in [0.25, 0.3) is 0 Å². The van der Waals surface area contributed by atoms with Gasteiger partial charge in [-0.15, -0.1) is 0 Å². The molecule has 0 aromatic carbocycles. The second-order valence-electron chi connectivity index (χ2n) is 3.68. The number of hydrogen-bond donors (Lipinski definition) is 5. The fourth-order valence-electron chi connectivity index (χ4n) is 1.17. The molecule has 0 radical (unpaired) electrons. The summed E-state index contributed by atoms with van der Waals surface area (Å²) in [5, 5.41) is 15.6. The van der Waals surface area contributed by atoms with Crippen LogP contribution in [0.25, 0.3) is 0 Å². The van der Waals surface area contributed by atoms with Crippen LogP contribution >= 0.6 is 0 Å². The summed E-state index contributed by atoms with van der Waals surface area (Å²) in [5.41, 5.74) is 4.89. The Bertz CT molecular complexity index is 358. The number of rotatable bonds is 8. The van der Waals surface area contributed by atoms with Crippen molar-refractivity contribution in [1.29, 1.82) is 0 Å². The van der Waals surface area contributed by atoms with Crippen LogP contribution in [0.5, 0.6) is 0 Å². The quantitative estimate of drug-likeness (QED) is 0.351. The number of amides is 4. The summed E-state index contributed by atoms with van der Waals surface area (Å²) in [6, 6.07) is -2.04. The first-order valence-electron chi connectivity index (χ1n) is 5.69. The summed E-state index contributed by atoms with van der Waals surface area (Å²) in [5.74, 6) is -2.33. The molecule has 0 heterocycles. The first kappa shape index (κ1) is 16.7. The number of likely N-dealkylation sites (N-methyl/N-ethyl adjacent to an activating group) is 1. The van der Waals surface area contributed by atoms with E-state index in [1.165, 1.54) is 0 Å². The molecule has 0 aliphatic rings. The minimum Gasteiger partial charge on any atom is -0.480 e. The van der Waals surface area contributed by atoms with Crippen LogP contribution in [-0.4, -0.2) is 48.1 Å². The molecule has 0 saturated heterocycles. The van der Waals surface area contributed by atoms with E-state index in [1.54, 1.807) is 6.92 Å². The number of carboxylic acid groups (broad SMARTS) is 1. The topological polar surface area (TPSA) is 151 Å². The van der Waals surface area contributed by atoms with E-state index in [1.807, 2.05) is 0 Å². The molecular formula is C10H18N4O5. The van der Waals surface area contributed by atoms with E-state index in [2.05, 4.69) is 16.0 Å². The number of carbonyl (C=O) groups excluding carboxylic acids is 3. The molecule has 1 atom stereocenters. The SMILES string of the molecule is CCNC(=O)CNC(=O)N[C@@H](CCC(N)=O)C(=O)O. The molecule has 0 rings (SSSR count). The van der Waals surface area contributed by atoms with Gasteiger partial charge in [0, 0.05) is 13.0 Å². The van der Waals surface area contributed by atoms with Gasteiger partial charge in [-0.3, -0.25) is 9.59 Å². The van der Waals surface area contributed by atoms with Crippen molar-refractivity contribution in [3.63, 3.8) is 0 Å². The van der Waals surface area contributed by atoms with Crippen molar-refractivity contribution in [2.75, 3.05) is 13.1 Å². The van der Waals surface area contributed by atoms with Gasteiger partial charge in [0.15, 0.2) is 0 Å². The molecule has 9 nitrogen and oxygen atoms in total. The number of nitrogens with one attached hydrogen (secondary N) is 3. The summed E-state index contributed by atoms with van der Waals surface area (Å²) in [7, 11) is 0. The Morgan fingerprint density at radius 2 is 1.84 bits per heavy atom. The van der Waals surface area contributed by atoms with Crippen LogP contribution in [-0.2, 0) is 14.4 Å². The third kappa shape index (κ3) is 8.41. The number of carbonyl (C=O) groups is 4. The lowest BCUT2D eigenvalue weighted by Crippen LogP contribution is -2.48.